The van der Waals surface area contributed by atoms with Gasteiger partial charge in [-0.1, -0.05) is 6.92 Å². The zero-order valence-electron chi connectivity index (χ0n) is 7.17. The first kappa shape index (κ1) is 7.53. The van der Waals surface area contributed by atoms with Crippen molar-refractivity contribution in [3.63, 3.8) is 0 Å². The van der Waals surface area contributed by atoms with Crippen molar-refractivity contribution in [2.75, 3.05) is 19.7 Å². The monoisotopic (exact) mass is 157 g/mol. The summed E-state index contributed by atoms with van der Waals surface area (Å²) >= 11 is 0. The highest BCUT2D eigenvalue weighted by molar-refractivity contribution is 4.85. The maximum Gasteiger partial charge on any atom is 0.230 e. The summed E-state index contributed by atoms with van der Waals surface area (Å²) in [6, 6.07) is 0. The number of hydrogen-bond donors (Lipinski definition) is 0. The fraction of sp³-hybridized carbons (Fsp3) is 1.00. The van der Waals surface area contributed by atoms with Crippen LogP contribution in [0.3, 0.4) is 0 Å². The third kappa shape index (κ3) is 0.991. The zero-order chi connectivity index (χ0) is 7.90. The van der Waals surface area contributed by atoms with E-state index in [2.05, 4.69) is 18.7 Å². The quantitative estimate of drug-likeness (QED) is 0.562. The van der Waals surface area contributed by atoms with Gasteiger partial charge in [0.1, 0.15) is 0 Å². The van der Waals surface area contributed by atoms with Gasteiger partial charge in [-0.2, -0.15) is 0 Å². The van der Waals surface area contributed by atoms with Crippen LogP contribution in [0.25, 0.3) is 0 Å². The summed E-state index contributed by atoms with van der Waals surface area (Å²) in [5.41, 5.74) is 0. The first-order valence-corrected chi connectivity index (χ1v) is 4.33. The van der Waals surface area contributed by atoms with Gasteiger partial charge in [-0.15, -0.1) is 0 Å². The number of rotatable bonds is 1. The molecule has 0 aliphatic carbocycles. The zero-order valence-corrected chi connectivity index (χ0v) is 7.17. The molecule has 11 heavy (non-hydrogen) atoms. The van der Waals surface area contributed by atoms with Gasteiger partial charge < -0.3 is 9.47 Å². The van der Waals surface area contributed by atoms with Crippen molar-refractivity contribution in [3.05, 3.63) is 0 Å². The lowest BCUT2D eigenvalue weighted by atomic mass is 10.3. The fourth-order valence-electron chi connectivity index (χ4n) is 1.99. The van der Waals surface area contributed by atoms with Gasteiger partial charge in [0.05, 0.1) is 12.7 Å². The van der Waals surface area contributed by atoms with Crippen LogP contribution in [0.1, 0.15) is 20.3 Å². The first-order valence-electron chi connectivity index (χ1n) is 4.33. The summed E-state index contributed by atoms with van der Waals surface area (Å²) < 4.78 is 11.3. The highest BCUT2D eigenvalue weighted by Gasteiger charge is 2.48. The van der Waals surface area contributed by atoms with E-state index in [0.29, 0.717) is 6.10 Å². The van der Waals surface area contributed by atoms with E-state index in [-0.39, 0.29) is 5.91 Å². The molecule has 0 radical (unpaired) electrons. The second kappa shape index (κ2) is 2.44. The molecule has 2 heterocycles. The molecule has 64 valence electrons. The molecule has 3 heteroatoms. The van der Waals surface area contributed by atoms with E-state index >= 15 is 0 Å². The Morgan fingerprint density at radius 2 is 2.45 bits per heavy atom. The molecule has 2 fully saturated rings. The normalized spacial score (nSPS) is 44.7. The maximum absolute atomic E-state index is 5.73. The van der Waals surface area contributed by atoms with E-state index in [1.54, 1.807) is 0 Å². The van der Waals surface area contributed by atoms with E-state index in [4.69, 9.17) is 9.47 Å². The lowest BCUT2D eigenvalue weighted by Gasteiger charge is -2.27. The third-order valence-corrected chi connectivity index (χ3v) is 2.48. The lowest BCUT2D eigenvalue weighted by molar-refractivity contribution is -0.243. The van der Waals surface area contributed by atoms with Crippen molar-refractivity contribution in [2.45, 2.75) is 32.3 Å². The van der Waals surface area contributed by atoms with Crippen LogP contribution in [0.2, 0.25) is 0 Å². The Hall–Kier alpha value is -0.120. The molecule has 2 aliphatic rings. The second-order valence-electron chi connectivity index (χ2n) is 3.29. The molecule has 0 saturated carbocycles. The van der Waals surface area contributed by atoms with Gasteiger partial charge in [-0.25, -0.2) is 4.90 Å². The van der Waals surface area contributed by atoms with Gasteiger partial charge in [-0.3, -0.25) is 0 Å². The van der Waals surface area contributed by atoms with Crippen LogP contribution < -0.4 is 0 Å². The topological polar surface area (TPSA) is 21.7 Å². The Morgan fingerprint density at radius 1 is 1.64 bits per heavy atom. The summed E-state index contributed by atoms with van der Waals surface area (Å²) in [6.45, 7) is 7.07. The minimum absolute atomic E-state index is 0.329. The van der Waals surface area contributed by atoms with Gasteiger partial charge in [0.2, 0.25) is 5.91 Å². The Kier molecular flexibility index (Phi) is 1.67. The van der Waals surface area contributed by atoms with E-state index in [1.807, 2.05) is 0 Å². The molecule has 0 amide bonds. The smallest absolute Gasteiger partial charge is 0.230 e. The molecule has 0 unspecified atom stereocenters. The van der Waals surface area contributed by atoms with E-state index in [1.165, 1.54) is 0 Å². The summed E-state index contributed by atoms with van der Waals surface area (Å²) in [7, 11) is 0. The molecule has 2 atom stereocenters. The fourth-order valence-corrected chi connectivity index (χ4v) is 1.99. The molecule has 2 aliphatic heterocycles. The average molecular weight is 157 g/mol. The van der Waals surface area contributed by atoms with Crippen LogP contribution in [0, 0.1) is 0 Å². The molecule has 0 aromatic rings. The van der Waals surface area contributed by atoms with Crippen LogP contribution in [0.5, 0.6) is 0 Å². The van der Waals surface area contributed by atoms with E-state index < -0.39 is 0 Å². The Labute approximate surface area is 67.3 Å². The van der Waals surface area contributed by atoms with Crippen LogP contribution in [-0.2, 0) is 9.47 Å². The van der Waals surface area contributed by atoms with Gasteiger partial charge in [0.15, 0.2) is 0 Å². The van der Waals surface area contributed by atoms with Crippen molar-refractivity contribution in [3.8, 4) is 0 Å². The average Bonchev–Trinajstić information content (AvgIpc) is 2.43. The number of fused-ring (bicyclic) bond motifs is 1. The van der Waals surface area contributed by atoms with E-state index in [0.717, 1.165) is 26.1 Å². The predicted molar refractivity (Wildman–Crippen MR) is 41.1 cm³/mol. The molecular formula is C8H15NO2. The lowest BCUT2D eigenvalue weighted by Crippen LogP contribution is -2.39. The van der Waals surface area contributed by atoms with E-state index in [9.17, 15) is 0 Å². The molecule has 0 N–H and O–H groups in total. The molecule has 0 spiro atoms. The molecular weight excluding hydrogens is 142 g/mol. The molecule has 3 nitrogen and oxygen atoms in total. The number of hydrogen-bond acceptors (Lipinski definition) is 3. The van der Waals surface area contributed by atoms with Crippen molar-refractivity contribution in [1.29, 1.82) is 0 Å². The number of ether oxygens (including phenoxy) is 2. The van der Waals surface area contributed by atoms with Crippen molar-refractivity contribution < 1.29 is 9.47 Å². The maximum atomic E-state index is 5.73. The Bertz CT molecular complexity index is 162. The first-order chi connectivity index (χ1) is 5.27. The molecule has 2 saturated heterocycles. The van der Waals surface area contributed by atoms with Crippen LogP contribution in [0.4, 0.5) is 0 Å². The van der Waals surface area contributed by atoms with Gasteiger partial charge in [-0.05, 0) is 6.92 Å². The molecule has 0 bridgehead atoms. The highest BCUT2D eigenvalue weighted by Crippen LogP contribution is 2.34. The van der Waals surface area contributed by atoms with Crippen molar-refractivity contribution >= 4 is 0 Å². The Morgan fingerprint density at radius 3 is 3.09 bits per heavy atom. The standard InChI is InChI=1S/C8H15NO2/c1-3-8-9(4-5-10-8)6-7(2)11-8/h7H,3-6H2,1-2H3/t7-,8-/m1/s1. The minimum Gasteiger partial charge on any atom is -0.336 e. The van der Waals surface area contributed by atoms with Gasteiger partial charge >= 0.3 is 0 Å². The number of nitrogens with zero attached hydrogens (tertiary/aromatic N) is 1. The predicted octanol–water partition coefficient (Wildman–Crippen LogP) is 0.801. The Balaban J connectivity index is 2.15. The SMILES string of the molecule is CC[C@]12OCCN1C[C@@H](C)O2. The van der Waals surface area contributed by atoms with Gasteiger partial charge in [0, 0.05) is 19.5 Å². The minimum atomic E-state index is -0.348. The summed E-state index contributed by atoms with van der Waals surface area (Å²) in [4.78, 5) is 2.29. The van der Waals surface area contributed by atoms with Crippen LogP contribution >= 0.6 is 0 Å². The molecule has 0 aromatic carbocycles. The summed E-state index contributed by atoms with van der Waals surface area (Å²) in [5.74, 6) is -0.348. The second-order valence-corrected chi connectivity index (χ2v) is 3.29. The third-order valence-electron chi connectivity index (χ3n) is 2.48. The summed E-state index contributed by atoms with van der Waals surface area (Å²) in [5, 5.41) is 0. The van der Waals surface area contributed by atoms with Crippen molar-refractivity contribution in [2.24, 2.45) is 0 Å². The largest absolute Gasteiger partial charge is 0.336 e. The van der Waals surface area contributed by atoms with Crippen LogP contribution in [-0.4, -0.2) is 36.6 Å². The molecule has 0 aromatic heterocycles. The molecule has 2 rings (SSSR count). The summed E-state index contributed by atoms with van der Waals surface area (Å²) in [6.07, 6.45) is 1.26. The van der Waals surface area contributed by atoms with Crippen LogP contribution in [0.15, 0.2) is 0 Å². The van der Waals surface area contributed by atoms with Gasteiger partial charge in [0.25, 0.3) is 0 Å². The highest BCUT2D eigenvalue weighted by atomic mass is 16.7. The van der Waals surface area contributed by atoms with Crippen molar-refractivity contribution in [1.82, 2.24) is 4.90 Å².